The number of hydrogen-bond acceptors (Lipinski definition) is 6. The topological polar surface area (TPSA) is 78.1 Å². The highest BCUT2D eigenvalue weighted by Gasteiger charge is 2.52. The number of allylic oxidation sites excluding steroid dienone is 6. The summed E-state index contributed by atoms with van der Waals surface area (Å²) in [6, 6.07) is 39.4. The Bertz CT molecular complexity index is 2490. The maximum atomic E-state index is 10.3. The summed E-state index contributed by atoms with van der Waals surface area (Å²) in [5.74, 6) is 0. The first-order chi connectivity index (χ1) is 27.0. The van der Waals surface area contributed by atoms with E-state index in [-0.39, 0.29) is 0 Å². The van der Waals surface area contributed by atoms with Gasteiger partial charge in [0.05, 0.1) is 27.9 Å². The maximum absolute atomic E-state index is 10.3. The Labute approximate surface area is 325 Å². The van der Waals surface area contributed by atoms with Crippen LogP contribution in [-0.2, 0) is 5.41 Å². The van der Waals surface area contributed by atoms with E-state index in [1.54, 1.807) is 0 Å². The molecule has 0 saturated heterocycles. The molecule has 5 aromatic carbocycles. The van der Waals surface area contributed by atoms with Crippen molar-refractivity contribution in [3.05, 3.63) is 160 Å². The molecule has 1 spiro atoms. The summed E-state index contributed by atoms with van der Waals surface area (Å²) in [6.07, 6.45) is 10.7. The second kappa shape index (κ2) is 14.7. The molecule has 6 nitrogen and oxygen atoms in total. The summed E-state index contributed by atoms with van der Waals surface area (Å²) in [5, 5.41) is 27.8. The van der Waals surface area contributed by atoms with Crippen molar-refractivity contribution in [1.82, 2.24) is 0 Å². The van der Waals surface area contributed by atoms with Crippen LogP contribution in [0.25, 0.3) is 16.7 Å². The molecule has 0 radical (unpaired) electrons. The molecule has 6 heteroatoms. The van der Waals surface area contributed by atoms with Gasteiger partial charge in [-0.25, -0.2) is 0 Å². The van der Waals surface area contributed by atoms with E-state index in [1.165, 1.54) is 44.5 Å². The molecule has 1 unspecified atom stereocenters. The minimum atomic E-state index is -0.542. The molecule has 55 heavy (non-hydrogen) atoms. The molecule has 1 atom stereocenters. The predicted octanol–water partition coefficient (Wildman–Crippen LogP) is 11.6. The molecule has 3 aliphatic rings. The number of nitrogens with one attached hydrogen (secondary N) is 2. The second-order valence-corrected chi connectivity index (χ2v) is 14.4. The summed E-state index contributed by atoms with van der Waals surface area (Å²) in [5.41, 5.74) is 16.3. The molecule has 272 valence electrons. The highest BCUT2D eigenvalue weighted by Crippen LogP contribution is 2.63. The zero-order valence-corrected chi connectivity index (χ0v) is 32.1. The van der Waals surface area contributed by atoms with Crippen LogP contribution in [0.3, 0.4) is 0 Å². The van der Waals surface area contributed by atoms with Crippen LogP contribution in [0.2, 0.25) is 0 Å². The molecule has 0 bridgehead atoms. The lowest BCUT2D eigenvalue weighted by Crippen LogP contribution is -2.27. The Morgan fingerprint density at radius 1 is 0.618 bits per heavy atom. The van der Waals surface area contributed by atoms with Crippen LogP contribution in [0.4, 0.5) is 34.1 Å². The van der Waals surface area contributed by atoms with E-state index in [0.717, 1.165) is 73.1 Å². The Morgan fingerprint density at radius 3 is 1.76 bits per heavy atom. The largest absolute Gasteiger partial charge is 0.372 e. The third kappa shape index (κ3) is 5.86. The van der Waals surface area contributed by atoms with Crippen LogP contribution < -0.4 is 20.4 Å². The molecule has 0 heterocycles. The Morgan fingerprint density at radius 2 is 1.20 bits per heavy atom. The standard InChI is InChI=1S/C49H46N6/c1-5-26-55(8-4)38-21-25-48(34(28-38)32-51)53-36-19-23-42-41-22-18-35(52-47-24-20-37(27-33(47)31-50)54(6-2)7-3)29-45(41)49(46(42)30-36)43-16-11-9-10-14-39(43)40-15-12-13-17-44(40)49/h9-15,17-25,27-30,52-53H,5-8,16,26H2,1-4H3. The van der Waals surface area contributed by atoms with Crippen molar-refractivity contribution in [3.63, 3.8) is 0 Å². The summed E-state index contributed by atoms with van der Waals surface area (Å²) in [6.45, 7) is 12.2. The van der Waals surface area contributed by atoms with Gasteiger partial charge in [0.2, 0.25) is 0 Å². The smallest absolute Gasteiger partial charge is 0.101 e. The molecular formula is C49H46N6. The van der Waals surface area contributed by atoms with Gasteiger partial charge in [-0.15, -0.1) is 0 Å². The van der Waals surface area contributed by atoms with E-state index in [4.69, 9.17) is 0 Å². The molecule has 0 fully saturated rings. The highest BCUT2D eigenvalue weighted by atomic mass is 15.1. The zero-order valence-electron chi connectivity index (χ0n) is 32.1. The first-order valence-corrected chi connectivity index (χ1v) is 19.6. The quantitative estimate of drug-likeness (QED) is 0.142. The Balaban J connectivity index is 1.26. The van der Waals surface area contributed by atoms with E-state index >= 15 is 0 Å². The lowest BCUT2D eigenvalue weighted by atomic mass is 9.68. The minimum Gasteiger partial charge on any atom is -0.372 e. The number of nitrogens with zero attached hydrogens (tertiary/aromatic N) is 4. The van der Waals surface area contributed by atoms with Crippen LogP contribution in [0.5, 0.6) is 0 Å². The number of anilines is 6. The molecule has 5 aromatic rings. The summed E-state index contributed by atoms with van der Waals surface area (Å²) >= 11 is 0. The fraction of sp³-hybridized carbons (Fsp3) is 0.224. The van der Waals surface area contributed by atoms with Gasteiger partial charge >= 0.3 is 0 Å². The molecule has 8 rings (SSSR count). The van der Waals surface area contributed by atoms with Gasteiger partial charge in [0.25, 0.3) is 0 Å². The van der Waals surface area contributed by atoms with E-state index in [9.17, 15) is 10.5 Å². The van der Waals surface area contributed by atoms with Crippen LogP contribution in [0.1, 0.15) is 73.9 Å². The van der Waals surface area contributed by atoms with Crippen molar-refractivity contribution in [3.8, 4) is 23.3 Å². The van der Waals surface area contributed by atoms with Crippen molar-refractivity contribution in [2.45, 2.75) is 46.0 Å². The van der Waals surface area contributed by atoms with Crippen molar-refractivity contribution in [2.75, 3.05) is 46.6 Å². The van der Waals surface area contributed by atoms with Crippen molar-refractivity contribution in [2.24, 2.45) is 0 Å². The average Bonchev–Trinajstić information content (AvgIpc) is 3.51. The third-order valence-electron chi connectivity index (χ3n) is 11.5. The Kier molecular flexibility index (Phi) is 9.51. The molecule has 0 amide bonds. The van der Waals surface area contributed by atoms with Crippen molar-refractivity contribution < 1.29 is 0 Å². The molecule has 3 aliphatic carbocycles. The number of nitriles is 2. The SMILES string of the molecule is CCCN(CC)c1ccc(Nc2ccc3c(c2)C2(C4=C(C=CC=CC4)c4ccccc42)c2cc(Nc4ccc(N(CC)CC)cc4C#N)ccc2-3)c(C#N)c1. The van der Waals surface area contributed by atoms with Gasteiger partial charge in [0.15, 0.2) is 0 Å². The van der Waals surface area contributed by atoms with Crippen molar-refractivity contribution >= 4 is 39.7 Å². The van der Waals surface area contributed by atoms with Gasteiger partial charge < -0.3 is 20.4 Å². The molecule has 0 saturated carbocycles. The monoisotopic (exact) mass is 718 g/mol. The molecular weight excluding hydrogens is 673 g/mol. The molecule has 2 N–H and O–H groups in total. The van der Waals surface area contributed by atoms with Crippen LogP contribution in [0.15, 0.2) is 127 Å². The van der Waals surface area contributed by atoms with E-state index in [1.807, 2.05) is 24.3 Å². The first kappa shape index (κ1) is 35.5. The summed E-state index contributed by atoms with van der Waals surface area (Å²) in [7, 11) is 0. The lowest BCUT2D eigenvalue weighted by molar-refractivity contribution is 0.747. The predicted molar refractivity (Wildman–Crippen MR) is 229 cm³/mol. The van der Waals surface area contributed by atoms with Crippen LogP contribution >= 0.6 is 0 Å². The number of fused-ring (bicyclic) bond motifs is 9. The average molecular weight is 719 g/mol. The van der Waals surface area contributed by atoms with Gasteiger partial charge in [-0.3, -0.25) is 0 Å². The first-order valence-electron chi connectivity index (χ1n) is 19.6. The van der Waals surface area contributed by atoms with Gasteiger partial charge in [-0.2, -0.15) is 10.5 Å². The summed E-state index contributed by atoms with van der Waals surface area (Å²) < 4.78 is 0. The lowest BCUT2D eigenvalue weighted by Gasteiger charge is -2.33. The number of rotatable bonds is 11. The highest BCUT2D eigenvalue weighted by molar-refractivity contribution is 5.98. The normalized spacial score (nSPS) is 15.7. The van der Waals surface area contributed by atoms with E-state index < -0.39 is 5.41 Å². The minimum absolute atomic E-state index is 0.542. The zero-order chi connectivity index (χ0) is 38.1. The van der Waals surface area contributed by atoms with Gasteiger partial charge in [-0.05, 0) is 139 Å². The fourth-order valence-corrected chi connectivity index (χ4v) is 9.04. The van der Waals surface area contributed by atoms with Gasteiger partial charge in [0, 0.05) is 48.9 Å². The number of benzene rings is 5. The van der Waals surface area contributed by atoms with Gasteiger partial charge in [0.1, 0.15) is 12.1 Å². The fourth-order valence-electron chi connectivity index (χ4n) is 9.04. The Hall–Kier alpha value is -6.50. The third-order valence-corrected chi connectivity index (χ3v) is 11.5. The molecule has 0 aliphatic heterocycles. The van der Waals surface area contributed by atoms with Crippen LogP contribution in [0, 0.1) is 22.7 Å². The van der Waals surface area contributed by atoms with E-state index in [2.05, 4.69) is 157 Å². The summed E-state index contributed by atoms with van der Waals surface area (Å²) in [4.78, 5) is 4.57. The van der Waals surface area contributed by atoms with Gasteiger partial charge in [-0.1, -0.05) is 67.6 Å². The maximum Gasteiger partial charge on any atom is 0.101 e. The second-order valence-electron chi connectivity index (χ2n) is 14.4. The molecule has 0 aromatic heterocycles. The van der Waals surface area contributed by atoms with Crippen LogP contribution in [-0.4, -0.2) is 26.2 Å². The number of hydrogen-bond donors (Lipinski definition) is 2. The van der Waals surface area contributed by atoms with Crippen molar-refractivity contribution in [1.29, 1.82) is 10.5 Å². The van der Waals surface area contributed by atoms with E-state index in [0.29, 0.717) is 11.1 Å².